The van der Waals surface area contributed by atoms with Gasteiger partial charge in [0.25, 0.3) is 0 Å². The van der Waals surface area contributed by atoms with Crippen molar-refractivity contribution < 1.29 is 9.53 Å². The summed E-state index contributed by atoms with van der Waals surface area (Å²) in [4.78, 5) is 11.7. The van der Waals surface area contributed by atoms with Crippen molar-refractivity contribution in [3.8, 4) is 5.75 Å². The Kier molecular flexibility index (Phi) is 14.5. The van der Waals surface area contributed by atoms with Crippen LogP contribution < -0.4 is 10.1 Å². The van der Waals surface area contributed by atoms with Gasteiger partial charge in [-0.05, 0) is 25.5 Å². The van der Waals surface area contributed by atoms with E-state index in [1.54, 1.807) is 0 Å². The zero-order valence-electron chi connectivity index (χ0n) is 17.7. The second kappa shape index (κ2) is 16.6. The number of benzene rings is 1. The quantitative estimate of drug-likeness (QED) is 0.303. The van der Waals surface area contributed by atoms with Crippen LogP contribution in [0, 0.1) is 6.92 Å². The van der Waals surface area contributed by atoms with Crippen LogP contribution in [-0.4, -0.2) is 12.6 Å². The molecule has 0 aromatic heterocycles. The number of ether oxygens (including phenoxy) is 1. The molecule has 154 valence electrons. The van der Waals surface area contributed by atoms with Crippen LogP contribution in [0.1, 0.15) is 102 Å². The summed E-state index contributed by atoms with van der Waals surface area (Å²) in [6.07, 6.45) is 18.5. The lowest BCUT2D eigenvalue weighted by atomic mass is 10.0. The summed E-state index contributed by atoms with van der Waals surface area (Å²) in [7, 11) is 0. The van der Waals surface area contributed by atoms with Crippen LogP contribution in [0.3, 0.4) is 0 Å². The molecule has 0 atom stereocenters. The fraction of sp³-hybridized carbons (Fsp3) is 0.708. The molecule has 0 aliphatic carbocycles. The molecule has 0 unspecified atom stereocenters. The molecular formula is C24H41NO2. The van der Waals surface area contributed by atoms with Gasteiger partial charge < -0.3 is 10.1 Å². The molecule has 0 fully saturated rings. The van der Waals surface area contributed by atoms with Gasteiger partial charge >= 0.3 is 6.09 Å². The summed E-state index contributed by atoms with van der Waals surface area (Å²) in [6, 6.07) is 7.52. The number of carbonyl (C=O) groups is 1. The molecule has 0 radical (unpaired) electrons. The monoisotopic (exact) mass is 375 g/mol. The van der Waals surface area contributed by atoms with Crippen molar-refractivity contribution in [2.45, 2.75) is 104 Å². The fourth-order valence-electron chi connectivity index (χ4n) is 3.26. The first-order valence-electron chi connectivity index (χ1n) is 11.2. The minimum atomic E-state index is -0.353. The Labute approximate surface area is 167 Å². The van der Waals surface area contributed by atoms with Gasteiger partial charge in [0.2, 0.25) is 0 Å². The Morgan fingerprint density at radius 2 is 1.19 bits per heavy atom. The molecule has 0 spiro atoms. The first-order chi connectivity index (χ1) is 13.2. The molecule has 0 bridgehead atoms. The van der Waals surface area contributed by atoms with Gasteiger partial charge in [0, 0.05) is 6.54 Å². The first kappa shape index (κ1) is 23.5. The van der Waals surface area contributed by atoms with Gasteiger partial charge in [-0.15, -0.1) is 0 Å². The van der Waals surface area contributed by atoms with Gasteiger partial charge in [0.1, 0.15) is 5.75 Å². The second-order valence-electron chi connectivity index (χ2n) is 7.73. The van der Waals surface area contributed by atoms with E-state index in [2.05, 4.69) is 12.2 Å². The number of amides is 1. The third kappa shape index (κ3) is 14.2. The number of carbonyl (C=O) groups excluding carboxylic acids is 1. The number of hydrogen-bond acceptors (Lipinski definition) is 2. The molecule has 0 aliphatic heterocycles. The Balaban J connectivity index is 1.81. The Bertz CT molecular complexity index is 470. The molecule has 1 N–H and O–H groups in total. The summed E-state index contributed by atoms with van der Waals surface area (Å²) in [5, 5.41) is 2.83. The lowest BCUT2D eigenvalue weighted by molar-refractivity contribution is 0.200. The Morgan fingerprint density at radius 1 is 0.741 bits per heavy atom. The molecule has 1 rings (SSSR count). The Hall–Kier alpha value is -1.51. The highest BCUT2D eigenvalue weighted by atomic mass is 16.5. The number of hydrogen-bond donors (Lipinski definition) is 1. The van der Waals surface area contributed by atoms with Gasteiger partial charge in [-0.3, -0.25) is 0 Å². The highest BCUT2D eigenvalue weighted by Crippen LogP contribution is 2.13. The average molecular weight is 376 g/mol. The highest BCUT2D eigenvalue weighted by Gasteiger charge is 2.03. The molecule has 3 nitrogen and oxygen atoms in total. The molecule has 1 aromatic rings. The average Bonchev–Trinajstić information content (AvgIpc) is 2.66. The summed E-state index contributed by atoms with van der Waals surface area (Å²) >= 11 is 0. The van der Waals surface area contributed by atoms with E-state index in [4.69, 9.17) is 4.74 Å². The smallest absolute Gasteiger partial charge is 0.410 e. The fourth-order valence-corrected chi connectivity index (χ4v) is 3.26. The number of unbranched alkanes of at least 4 members (excludes halogenated alkanes) is 13. The van der Waals surface area contributed by atoms with Crippen LogP contribution >= 0.6 is 0 Å². The van der Waals surface area contributed by atoms with Gasteiger partial charge in [-0.2, -0.15) is 0 Å². The first-order valence-corrected chi connectivity index (χ1v) is 11.2. The SMILES string of the molecule is CCCCCCCCCCCCCCCCNC(=O)Oc1ccc(C)cc1. The van der Waals surface area contributed by atoms with Crippen molar-refractivity contribution >= 4 is 6.09 Å². The summed E-state index contributed by atoms with van der Waals surface area (Å²) in [6.45, 7) is 4.99. The standard InChI is InChI=1S/C24H41NO2/c1-3-4-5-6-7-8-9-10-11-12-13-14-15-16-21-25-24(26)27-23-19-17-22(2)18-20-23/h17-20H,3-16,21H2,1-2H3,(H,25,26). The zero-order valence-corrected chi connectivity index (χ0v) is 17.7. The van der Waals surface area contributed by atoms with Crippen molar-refractivity contribution in [2.75, 3.05) is 6.54 Å². The number of nitrogens with one attached hydrogen (secondary N) is 1. The van der Waals surface area contributed by atoms with Crippen molar-refractivity contribution in [3.63, 3.8) is 0 Å². The van der Waals surface area contributed by atoms with Crippen molar-refractivity contribution in [1.82, 2.24) is 5.32 Å². The topological polar surface area (TPSA) is 38.3 Å². The van der Waals surface area contributed by atoms with Gasteiger partial charge in [-0.25, -0.2) is 4.79 Å². The van der Waals surface area contributed by atoms with E-state index in [1.807, 2.05) is 31.2 Å². The largest absolute Gasteiger partial charge is 0.412 e. The van der Waals surface area contributed by atoms with Gasteiger partial charge in [0.05, 0.1) is 0 Å². The number of aryl methyl sites for hydroxylation is 1. The minimum Gasteiger partial charge on any atom is -0.410 e. The van der Waals surface area contributed by atoms with Gasteiger partial charge in [-0.1, -0.05) is 108 Å². The third-order valence-electron chi connectivity index (χ3n) is 5.03. The van der Waals surface area contributed by atoms with Crippen molar-refractivity contribution in [1.29, 1.82) is 0 Å². The van der Waals surface area contributed by atoms with E-state index in [0.29, 0.717) is 12.3 Å². The molecule has 1 amide bonds. The van der Waals surface area contributed by atoms with Crippen LogP contribution in [0.5, 0.6) is 5.75 Å². The third-order valence-corrected chi connectivity index (χ3v) is 5.03. The van der Waals surface area contributed by atoms with E-state index in [-0.39, 0.29) is 6.09 Å². The molecule has 0 saturated carbocycles. The van der Waals surface area contributed by atoms with Crippen molar-refractivity contribution in [2.24, 2.45) is 0 Å². The van der Waals surface area contributed by atoms with Crippen LogP contribution in [0.4, 0.5) is 4.79 Å². The molecule has 1 aromatic carbocycles. The molecule has 0 saturated heterocycles. The van der Waals surface area contributed by atoms with E-state index >= 15 is 0 Å². The second-order valence-corrected chi connectivity index (χ2v) is 7.73. The molecule has 0 heterocycles. The van der Waals surface area contributed by atoms with Crippen LogP contribution in [0.25, 0.3) is 0 Å². The highest BCUT2D eigenvalue weighted by molar-refractivity contribution is 5.70. The molecule has 3 heteroatoms. The minimum absolute atomic E-state index is 0.353. The van der Waals surface area contributed by atoms with E-state index in [1.165, 1.54) is 83.5 Å². The van der Waals surface area contributed by atoms with Crippen LogP contribution in [-0.2, 0) is 0 Å². The predicted molar refractivity (Wildman–Crippen MR) is 116 cm³/mol. The summed E-state index contributed by atoms with van der Waals surface area (Å²) in [5.74, 6) is 0.596. The summed E-state index contributed by atoms with van der Waals surface area (Å²) < 4.78 is 5.24. The zero-order chi connectivity index (χ0) is 19.6. The van der Waals surface area contributed by atoms with Crippen LogP contribution in [0.15, 0.2) is 24.3 Å². The summed E-state index contributed by atoms with van der Waals surface area (Å²) in [5.41, 5.74) is 1.16. The van der Waals surface area contributed by atoms with Gasteiger partial charge in [0.15, 0.2) is 0 Å². The predicted octanol–water partition coefficient (Wildman–Crippen LogP) is 7.56. The normalized spacial score (nSPS) is 10.7. The maximum absolute atomic E-state index is 11.7. The lowest BCUT2D eigenvalue weighted by Crippen LogP contribution is -2.27. The maximum atomic E-state index is 11.7. The molecule has 0 aliphatic rings. The van der Waals surface area contributed by atoms with E-state index in [0.717, 1.165) is 12.0 Å². The lowest BCUT2D eigenvalue weighted by Gasteiger charge is -2.07. The molecule has 27 heavy (non-hydrogen) atoms. The van der Waals surface area contributed by atoms with E-state index < -0.39 is 0 Å². The van der Waals surface area contributed by atoms with Crippen LogP contribution in [0.2, 0.25) is 0 Å². The van der Waals surface area contributed by atoms with Crippen molar-refractivity contribution in [3.05, 3.63) is 29.8 Å². The van der Waals surface area contributed by atoms with E-state index in [9.17, 15) is 4.79 Å². The molecular weight excluding hydrogens is 334 g/mol. The Morgan fingerprint density at radius 3 is 1.67 bits per heavy atom. The maximum Gasteiger partial charge on any atom is 0.412 e. The number of rotatable bonds is 16.